The van der Waals surface area contributed by atoms with E-state index in [-0.39, 0.29) is 0 Å². The fourth-order valence-corrected chi connectivity index (χ4v) is 0.652. The Kier molecular flexibility index (Phi) is 10.0. The summed E-state index contributed by atoms with van der Waals surface area (Å²) in [6.07, 6.45) is 10.8. The van der Waals surface area contributed by atoms with Gasteiger partial charge in [-0.25, -0.2) is 9.97 Å². The molecule has 7 heteroatoms. The number of aryl methyl sites for hydroxylation is 2. The normalized spacial score (nSPS) is 8.53. The molecule has 88 valence electrons. The Labute approximate surface area is 106 Å². The summed E-state index contributed by atoms with van der Waals surface area (Å²) in [5.41, 5.74) is 0. The number of halogens is 2. The average molecular weight is 430 g/mol. The first-order chi connectivity index (χ1) is 7.20. The van der Waals surface area contributed by atoms with Crippen LogP contribution in [-0.4, -0.2) is 19.1 Å². The molecule has 0 saturated carbocycles. The van der Waals surface area contributed by atoms with Gasteiger partial charge in [0.1, 0.15) is 0 Å². The van der Waals surface area contributed by atoms with E-state index in [0.29, 0.717) is 0 Å². The van der Waals surface area contributed by atoms with Crippen LogP contribution in [0.25, 0.3) is 0 Å². The molecule has 0 bridgehead atoms. The Morgan fingerprint density at radius 3 is 1.33 bits per heavy atom. The molecular weight excluding hydrogens is 418 g/mol. The quantitative estimate of drug-likeness (QED) is 0.643. The summed E-state index contributed by atoms with van der Waals surface area (Å²) in [4.78, 5) is 7.57. The van der Waals surface area contributed by atoms with Crippen LogP contribution in [0.5, 0.6) is 0 Å². The van der Waals surface area contributed by atoms with E-state index in [1.807, 2.05) is 35.6 Å². The van der Waals surface area contributed by atoms with Crippen LogP contribution in [-0.2, 0) is 30.6 Å². The molecule has 0 saturated heterocycles. The van der Waals surface area contributed by atoms with E-state index in [9.17, 15) is 0 Å². The molecule has 0 unspecified atom stereocenters. The van der Waals surface area contributed by atoms with Crippen molar-refractivity contribution >= 4 is 18.8 Å². The Balaban J connectivity index is 0.000000210. The topological polar surface area (TPSA) is 35.6 Å². The van der Waals surface area contributed by atoms with Crippen molar-refractivity contribution < 1.29 is 16.5 Å². The molecule has 0 aliphatic heterocycles. The average Bonchev–Trinajstić information content (AvgIpc) is 2.81. The van der Waals surface area contributed by atoms with E-state index in [0.717, 1.165) is 0 Å². The first-order valence-electron chi connectivity index (χ1n) is 3.87. The molecule has 2 aromatic rings. The van der Waals surface area contributed by atoms with Crippen molar-refractivity contribution in [1.82, 2.24) is 19.1 Å². The van der Waals surface area contributed by atoms with Crippen LogP contribution in [0, 0.1) is 0 Å². The van der Waals surface area contributed by atoms with Gasteiger partial charge in [-0.05, 0) is 0 Å². The van der Waals surface area contributed by atoms with Crippen LogP contribution in [0.3, 0.4) is 0 Å². The minimum absolute atomic E-state index is 0.472. The molecule has 2 aromatic heterocycles. The predicted molar refractivity (Wildman–Crippen MR) is 58.1 cm³/mol. The summed E-state index contributed by atoms with van der Waals surface area (Å²) in [6, 6.07) is 0. The van der Waals surface area contributed by atoms with E-state index in [4.69, 9.17) is 18.8 Å². The van der Waals surface area contributed by atoms with Gasteiger partial charge >= 0.3 is 35.3 Å². The van der Waals surface area contributed by atoms with Crippen LogP contribution < -0.4 is 0 Å². The number of rotatable bonds is 0. The summed E-state index contributed by atoms with van der Waals surface area (Å²) in [6.45, 7) is 0. The first-order valence-corrected chi connectivity index (χ1v) is 9.50. The molecular formula is C8H12Cl2N4Pt. The third kappa shape index (κ3) is 9.98. The van der Waals surface area contributed by atoms with Gasteiger partial charge in [-0.15, -0.1) is 0 Å². The SMILES string of the molecule is Cn1ccnc1.Cn1ccnc1.[Cl][Pt][Cl]. The molecule has 4 nitrogen and oxygen atoms in total. The summed E-state index contributed by atoms with van der Waals surface area (Å²) >= 11 is -0.472. The Morgan fingerprint density at radius 1 is 0.933 bits per heavy atom. The van der Waals surface area contributed by atoms with Crippen LogP contribution >= 0.6 is 18.8 Å². The Hall–Kier alpha value is -0.312. The van der Waals surface area contributed by atoms with E-state index >= 15 is 0 Å². The van der Waals surface area contributed by atoms with E-state index in [1.165, 1.54) is 0 Å². The number of imidazole rings is 2. The number of nitrogens with zero attached hydrogens (tertiary/aromatic N) is 4. The van der Waals surface area contributed by atoms with Crippen LogP contribution in [0.15, 0.2) is 37.4 Å². The zero-order chi connectivity index (χ0) is 11.5. The fourth-order valence-electron chi connectivity index (χ4n) is 0.652. The van der Waals surface area contributed by atoms with Crippen molar-refractivity contribution in [1.29, 1.82) is 0 Å². The zero-order valence-corrected chi connectivity index (χ0v) is 12.1. The van der Waals surface area contributed by atoms with Gasteiger partial charge in [-0.2, -0.15) is 0 Å². The molecule has 2 rings (SSSR count). The van der Waals surface area contributed by atoms with Crippen molar-refractivity contribution in [2.75, 3.05) is 0 Å². The number of hydrogen-bond acceptors (Lipinski definition) is 2. The van der Waals surface area contributed by atoms with E-state index in [1.54, 1.807) is 25.0 Å². The summed E-state index contributed by atoms with van der Waals surface area (Å²) in [7, 11) is 13.6. The molecule has 0 radical (unpaired) electrons. The molecule has 0 fully saturated rings. The second-order valence-electron chi connectivity index (χ2n) is 2.50. The molecule has 0 spiro atoms. The first kappa shape index (κ1) is 14.7. The van der Waals surface area contributed by atoms with Gasteiger partial charge in [0.2, 0.25) is 0 Å². The van der Waals surface area contributed by atoms with Crippen molar-refractivity contribution in [3.05, 3.63) is 37.4 Å². The van der Waals surface area contributed by atoms with Crippen LogP contribution in [0.2, 0.25) is 0 Å². The van der Waals surface area contributed by atoms with E-state index < -0.39 is 16.5 Å². The summed E-state index contributed by atoms with van der Waals surface area (Å²) in [5.74, 6) is 0. The zero-order valence-electron chi connectivity index (χ0n) is 8.33. The van der Waals surface area contributed by atoms with Crippen LogP contribution in [0.1, 0.15) is 0 Å². The van der Waals surface area contributed by atoms with Crippen molar-refractivity contribution in [2.45, 2.75) is 0 Å². The second kappa shape index (κ2) is 10.2. The Morgan fingerprint density at radius 2 is 1.27 bits per heavy atom. The molecule has 0 aromatic carbocycles. The van der Waals surface area contributed by atoms with Gasteiger partial charge in [-0.1, -0.05) is 0 Å². The maximum atomic E-state index is 4.88. The maximum absolute atomic E-state index is 4.88. The molecule has 0 aliphatic carbocycles. The van der Waals surface area contributed by atoms with Gasteiger partial charge in [0, 0.05) is 38.9 Å². The monoisotopic (exact) mass is 429 g/mol. The van der Waals surface area contributed by atoms with Gasteiger partial charge < -0.3 is 9.13 Å². The molecule has 0 N–H and O–H groups in total. The van der Waals surface area contributed by atoms with Gasteiger partial charge in [0.25, 0.3) is 0 Å². The van der Waals surface area contributed by atoms with Crippen molar-refractivity contribution in [3.63, 3.8) is 0 Å². The number of hydrogen-bond donors (Lipinski definition) is 0. The molecule has 2 heterocycles. The molecule has 15 heavy (non-hydrogen) atoms. The van der Waals surface area contributed by atoms with E-state index in [2.05, 4.69) is 9.97 Å². The molecule has 0 amide bonds. The van der Waals surface area contributed by atoms with Gasteiger partial charge in [-0.3, -0.25) is 0 Å². The van der Waals surface area contributed by atoms with Gasteiger partial charge in [0.15, 0.2) is 0 Å². The third-order valence-electron chi connectivity index (χ3n) is 1.27. The standard InChI is InChI=1S/2C4H6N2.2ClH.Pt/c2*1-6-3-2-5-4-6;;;/h2*2-4H,1H3;2*1H;/q;;;;+2/p-2. The van der Waals surface area contributed by atoms with Crippen LogP contribution in [0.4, 0.5) is 0 Å². The summed E-state index contributed by atoms with van der Waals surface area (Å²) < 4.78 is 3.78. The summed E-state index contributed by atoms with van der Waals surface area (Å²) in [5, 5.41) is 0. The van der Waals surface area contributed by atoms with Crippen molar-refractivity contribution in [2.24, 2.45) is 14.1 Å². The third-order valence-corrected chi connectivity index (χ3v) is 1.27. The van der Waals surface area contributed by atoms with Gasteiger partial charge in [0.05, 0.1) is 12.7 Å². The minimum atomic E-state index is -0.472. The number of aromatic nitrogens is 4. The fraction of sp³-hybridized carbons (Fsp3) is 0.250. The molecule has 0 aliphatic rings. The van der Waals surface area contributed by atoms with Crippen molar-refractivity contribution in [3.8, 4) is 0 Å². The molecule has 0 atom stereocenters. The second-order valence-corrected chi connectivity index (χ2v) is 5.78. The Bertz CT molecular complexity index is 277. The predicted octanol–water partition coefficient (Wildman–Crippen LogP) is 2.22.